The smallest absolute Gasteiger partial charge is 0.253 e. The average Bonchev–Trinajstić information content (AvgIpc) is 2.99. The number of amides is 2. The van der Waals surface area contributed by atoms with Gasteiger partial charge in [0.15, 0.2) is 0 Å². The molecule has 210 valence electrons. The topological polar surface area (TPSA) is 99.2 Å². The molecule has 0 aliphatic carbocycles. The van der Waals surface area contributed by atoms with E-state index in [1.54, 1.807) is 11.0 Å². The Morgan fingerprint density at radius 3 is 2.39 bits per heavy atom. The quantitative estimate of drug-likeness (QED) is 0.243. The molecule has 0 saturated carbocycles. The lowest BCUT2D eigenvalue weighted by atomic mass is 10.0. The minimum atomic E-state index is -0.368. The van der Waals surface area contributed by atoms with Crippen LogP contribution in [-0.2, 0) is 6.54 Å². The van der Waals surface area contributed by atoms with Crippen molar-refractivity contribution in [1.82, 2.24) is 20.2 Å². The first-order chi connectivity index (χ1) is 19.9. The molecule has 2 amide bonds. The van der Waals surface area contributed by atoms with Crippen LogP contribution in [0.2, 0.25) is 0 Å². The Labute approximate surface area is 238 Å². The molecule has 1 saturated heterocycles. The zero-order chi connectivity index (χ0) is 28.8. The third kappa shape index (κ3) is 6.87. The van der Waals surface area contributed by atoms with E-state index < -0.39 is 0 Å². The number of aromatic nitrogens is 2. The number of nitrogens with zero attached hydrogens (tertiary/aromatic N) is 3. The maximum atomic E-state index is 13.2. The van der Waals surface area contributed by atoms with E-state index in [4.69, 9.17) is 0 Å². The van der Waals surface area contributed by atoms with E-state index in [2.05, 4.69) is 38.6 Å². The van der Waals surface area contributed by atoms with Gasteiger partial charge in [-0.05, 0) is 73.9 Å². The summed E-state index contributed by atoms with van der Waals surface area (Å²) in [6, 6.07) is 19.1. The van der Waals surface area contributed by atoms with Gasteiger partial charge >= 0.3 is 0 Å². The molecular formula is C32H33FN6O2. The third-order valence-electron chi connectivity index (χ3n) is 7.14. The Morgan fingerprint density at radius 1 is 0.976 bits per heavy atom. The number of likely N-dealkylation sites (tertiary alicyclic amines) is 1. The van der Waals surface area contributed by atoms with Gasteiger partial charge in [-0.2, -0.15) is 4.98 Å². The Morgan fingerprint density at radius 2 is 1.68 bits per heavy atom. The van der Waals surface area contributed by atoms with Gasteiger partial charge in [-0.3, -0.25) is 9.59 Å². The van der Waals surface area contributed by atoms with E-state index >= 15 is 0 Å². The van der Waals surface area contributed by atoms with Crippen LogP contribution in [-0.4, -0.2) is 52.4 Å². The van der Waals surface area contributed by atoms with Crippen LogP contribution in [0, 0.1) is 12.7 Å². The fourth-order valence-corrected chi connectivity index (χ4v) is 4.85. The van der Waals surface area contributed by atoms with Crippen LogP contribution in [0.25, 0.3) is 10.9 Å². The van der Waals surface area contributed by atoms with Gasteiger partial charge in [-0.15, -0.1) is 6.58 Å². The number of hydrogen-bond donors (Lipinski definition) is 3. The van der Waals surface area contributed by atoms with E-state index in [0.717, 1.165) is 27.8 Å². The zero-order valence-corrected chi connectivity index (χ0v) is 23.0. The lowest BCUT2D eigenvalue weighted by molar-refractivity contribution is 0.0698. The summed E-state index contributed by atoms with van der Waals surface area (Å²) in [6.45, 7) is 7.94. The molecule has 0 atom stereocenters. The van der Waals surface area contributed by atoms with Crippen molar-refractivity contribution in [2.75, 3.05) is 30.3 Å². The van der Waals surface area contributed by atoms with Gasteiger partial charge in [0.25, 0.3) is 11.8 Å². The highest BCUT2D eigenvalue weighted by Crippen LogP contribution is 2.24. The van der Waals surface area contributed by atoms with Gasteiger partial charge in [0.05, 0.1) is 5.52 Å². The number of hydrogen-bond acceptors (Lipinski definition) is 6. The molecule has 8 nitrogen and oxygen atoms in total. The molecule has 3 aromatic carbocycles. The summed E-state index contributed by atoms with van der Waals surface area (Å²) in [7, 11) is 0. The van der Waals surface area contributed by atoms with Crippen molar-refractivity contribution >= 4 is 34.5 Å². The van der Waals surface area contributed by atoms with Gasteiger partial charge in [0.2, 0.25) is 5.95 Å². The first-order valence-corrected chi connectivity index (χ1v) is 13.7. The largest absolute Gasteiger partial charge is 0.365 e. The molecule has 5 rings (SSSR count). The molecule has 3 N–H and O–H groups in total. The van der Waals surface area contributed by atoms with Crippen molar-refractivity contribution in [3.8, 4) is 0 Å². The predicted octanol–water partition coefficient (Wildman–Crippen LogP) is 5.32. The van der Waals surface area contributed by atoms with Crippen molar-refractivity contribution in [3.05, 3.63) is 107 Å². The van der Waals surface area contributed by atoms with Crippen LogP contribution in [0.3, 0.4) is 0 Å². The summed E-state index contributed by atoms with van der Waals surface area (Å²) < 4.78 is 13.2. The second-order valence-corrected chi connectivity index (χ2v) is 10.2. The van der Waals surface area contributed by atoms with Crippen LogP contribution in [0.15, 0.2) is 79.4 Å². The first-order valence-electron chi connectivity index (χ1n) is 13.7. The number of halogens is 1. The molecule has 0 spiro atoms. The molecule has 2 heterocycles. The number of aryl methyl sites for hydroxylation is 1. The van der Waals surface area contributed by atoms with E-state index in [9.17, 15) is 14.0 Å². The van der Waals surface area contributed by atoms with Crippen molar-refractivity contribution in [1.29, 1.82) is 0 Å². The fraction of sp³-hybridized carbons (Fsp3) is 0.250. The minimum absolute atomic E-state index is 0.0143. The third-order valence-corrected chi connectivity index (χ3v) is 7.14. The Bertz CT molecular complexity index is 1550. The molecule has 1 fully saturated rings. The van der Waals surface area contributed by atoms with Crippen molar-refractivity contribution < 1.29 is 14.0 Å². The van der Waals surface area contributed by atoms with E-state index in [1.807, 2.05) is 43.3 Å². The highest BCUT2D eigenvalue weighted by Gasteiger charge is 2.25. The zero-order valence-electron chi connectivity index (χ0n) is 23.0. The number of nitrogens with one attached hydrogen (secondary N) is 3. The molecule has 1 aliphatic rings. The monoisotopic (exact) mass is 552 g/mol. The van der Waals surface area contributed by atoms with E-state index in [-0.39, 0.29) is 23.7 Å². The number of rotatable bonds is 9. The SMILES string of the molecule is C=CCNc1nc(NCc2ccc(C(=O)NC3CCN(C(=O)c4ccc(F)cc4)CC3)cc2)c2cc(C)ccc2n1. The Hall–Kier alpha value is -4.79. The highest BCUT2D eigenvalue weighted by molar-refractivity contribution is 5.95. The summed E-state index contributed by atoms with van der Waals surface area (Å²) in [5, 5.41) is 10.6. The Balaban J connectivity index is 1.16. The van der Waals surface area contributed by atoms with Gasteiger partial charge in [0.1, 0.15) is 11.6 Å². The molecule has 1 aromatic heterocycles. The number of anilines is 2. The van der Waals surface area contributed by atoms with Crippen LogP contribution in [0.4, 0.5) is 16.2 Å². The fourth-order valence-electron chi connectivity index (χ4n) is 4.85. The lowest BCUT2D eigenvalue weighted by Gasteiger charge is -2.32. The van der Waals surface area contributed by atoms with Crippen LogP contribution < -0.4 is 16.0 Å². The van der Waals surface area contributed by atoms with Crippen molar-refractivity contribution in [2.45, 2.75) is 32.4 Å². The van der Waals surface area contributed by atoms with Gasteiger partial charge < -0.3 is 20.9 Å². The predicted molar refractivity (Wildman–Crippen MR) is 160 cm³/mol. The number of benzene rings is 3. The van der Waals surface area contributed by atoms with Gasteiger partial charge in [0, 0.05) is 48.7 Å². The van der Waals surface area contributed by atoms with Gasteiger partial charge in [-0.1, -0.05) is 29.8 Å². The molecule has 0 radical (unpaired) electrons. The lowest BCUT2D eigenvalue weighted by Crippen LogP contribution is -2.46. The number of carbonyl (C=O) groups excluding carboxylic acids is 2. The molecule has 1 aliphatic heterocycles. The maximum absolute atomic E-state index is 13.2. The molecule has 0 bridgehead atoms. The normalized spacial score (nSPS) is 13.6. The van der Waals surface area contributed by atoms with Crippen molar-refractivity contribution in [2.24, 2.45) is 0 Å². The minimum Gasteiger partial charge on any atom is -0.365 e. The van der Waals surface area contributed by atoms with E-state index in [1.165, 1.54) is 24.3 Å². The summed E-state index contributed by atoms with van der Waals surface area (Å²) in [5.74, 6) is 0.641. The second-order valence-electron chi connectivity index (χ2n) is 10.2. The summed E-state index contributed by atoms with van der Waals surface area (Å²) >= 11 is 0. The van der Waals surface area contributed by atoms with Crippen LogP contribution in [0.1, 0.15) is 44.7 Å². The van der Waals surface area contributed by atoms with Crippen LogP contribution in [0.5, 0.6) is 0 Å². The molecule has 4 aromatic rings. The Kier molecular flexibility index (Phi) is 8.53. The number of fused-ring (bicyclic) bond motifs is 1. The molecule has 0 unspecified atom stereocenters. The summed E-state index contributed by atoms with van der Waals surface area (Å²) in [5.41, 5.74) is 4.02. The van der Waals surface area contributed by atoms with Gasteiger partial charge in [-0.25, -0.2) is 9.37 Å². The van der Waals surface area contributed by atoms with Crippen LogP contribution >= 0.6 is 0 Å². The molecule has 41 heavy (non-hydrogen) atoms. The summed E-state index contributed by atoms with van der Waals surface area (Å²) in [4.78, 5) is 36.6. The maximum Gasteiger partial charge on any atom is 0.253 e. The molecular weight excluding hydrogens is 519 g/mol. The summed E-state index contributed by atoms with van der Waals surface area (Å²) in [6.07, 6.45) is 3.08. The number of carbonyl (C=O) groups is 2. The second kappa shape index (κ2) is 12.6. The van der Waals surface area contributed by atoms with Crippen molar-refractivity contribution in [3.63, 3.8) is 0 Å². The number of piperidine rings is 1. The standard InChI is InChI=1S/C32H33FN6O2/c1-3-16-34-32-37-28-13-4-21(2)19-27(28)29(38-32)35-20-22-5-7-23(8-6-22)30(40)36-26-14-17-39(18-15-26)31(41)24-9-11-25(33)12-10-24/h3-13,19,26H,1,14-18,20H2,2H3,(H,36,40)(H2,34,35,37,38). The first kappa shape index (κ1) is 27.8. The molecule has 9 heteroatoms. The van der Waals surface area contributed by atoms with E-state index in [0.29, 0.717) is 56.1 Å². The highest BCUT2D eigenvalue weighted by atomic mass is 19.1. The average molecular weight is 553 g/mol.